The van der Waals surface area contributed by atoms with Crippen molar-refractivity contribution >= 4 is 10.0 Å². The molecule has 212 valence electrons. The van der Waals surface area contributed by atoms with Crippen LogP contribution in [0.5, 0.6) is 0 Å². The highest BCUT2D eigenvalue weighted by Gasteiger charge is 2.39. The van der Waals surface area contributed by atoms with E-state index in [0.717, 1.165) is 25.7 Å². The zero-order chi connectivity index (χ0) is 28.6. The second kappa shape index (κ2) is 9.63. The maximum Gasteiger partial charge on any atom is 0.0198 e. The van der Waals surface area contributed by atoms with Crippen molar-refractivity contribution in [3.8, 4) is 11.1 Å². The Kier molecular flexibility index (Phi) is 6.36. The molecule has 0 aromatic heterocycles. The van der Waals surface area contributed by atoms with Gasteiger partial charge in [-0.2, -0.15) is 10.0 Å². The summed E-state index contributed by atoms with van der Waals surface area (Å²) in [5, 5.41) is 0. The van der Waals surface area contributed by atoms with Crippen LogP contribution >= 0.6 is 10.0 Å². The zero-order valence-corrected chi connectivity index (χ0v) is 26.8. The number of hydrogen-bond acceptors (Lipinski definition) is 0. The molecule has 0 amide bonds. The molecule has 4 aromatic carbocycles. The Hall–Kier alpha value is -2.77. The summed E-state index contributed by atoms with van der Waals surface area (Å²) in [5.74, 6) is 0. The maximum atomic E-state index is 2.63. The SMILES string of the molecule is CCC(CC)(c1ccc2c(c1)CC2)c1ccc2c(c1)S(C)(C)c1cc(C(CC)(CC)c3ccc4c(c3)CC4)ccc1-2. The quantitative estimate of drug-likeness (QED) is 0.202. The molecule has 0 nitrogen and oxygen atoms in total. The van der Waals surface area contributed by atoms with Crippen molar-refractivity contribution in [3.63, 3.8) is 0 Å². The smallest absolute Gasteiger partial charge is 0.0198 e. The fourth-order valence-electron chi connectivity index (χ4n) is 8.50. The molecule has 41 heavy (non-hydrogen) atoms. The van der Waals surface area contributed by atoms with Gasteiger partial charge in [0.2, 0.25) is 0 Å². The summed E-state index contributed by atoms with van der Waals surface area (Å²) in [7, 11) is -1.14. The number of benzene rings is 4. The third-order valence-electron chi connectivity index (χ3n) is 11.7. The lowest BCUT2D eigenvalue weighted by Crippen LogP contribution is -2.27. The average molecular weight is 559 g/mol. The van der Waals surface area contributed by atoms with Crippen LogP contribution < -0.4 is 0 Å². The number of rotatable bonds is 8. The average Bonchev–Trinajstić information content (AvgIpc) is 3.19. The summed E-state index contributed by atoms with van der Waals surface area (Å²) in [6.07, 6.45) is 14.6. The normalized spacial score (nSPS) is 17.0. The van der Waals surface area contributed by atoms with E-state index in [0.29, 0.717) is 0 Å². The molecule has 0 N–H and O–H groups in total. The monoisotopic (exact) mass is 558 g/mol. The Labute approximate surface area is 249 Å². The van der Waals surface area contributed by atoms with E-state index < -0.39 is 10.0 Å². The second-order valence-corrected chi connectivity index (χ2v) is 16.8. The molecule has 0 fully saturated rings. The molecule has 3 aliphatic rings. The van der Waals surface area contributed by atoms with Crippen molar-refractivity contribution in [3.05, 3.63) is 117 Å². The van der Waals surface area contributed by atoms with Gasteiger partial charge >= 0.3 is 0 Å². The largest absolute Gasteiger partial charge is 0.192 e. The van der Waals surface area contributed by atoms with Crippen molar-refractivity contribution in [1.29, 1.82) is 0 Å². The zero-order valence-electron chi connectivity index (χ0n) is 26.0. The number of hydrogen-bond donors (Lipinski definition) is 0. The van der Waals surface area contributed by atoms with Crippen molar-refractivity contribution in [2.24, 2.45) is 0 Å². The molecule has 1 heteroatoms. The van der Waals surface area contributed by atoms with E-state index in [-0.39, 0.29) is 10.8 Å². The second-order valence-electron chi connectivity index (χ2n) is 13.3. The van der Waals surface area contributed by atoms with E-state index in [1.54, 1.807) is 32.0 Å². The lowest BCUT2D eigenvalue weighted by atomic mass is 9.68. The van der Waals surface area contributed by atoms with Gasteiger partial charge in [0, 0.05) is 20.6 Å². The molecule has 4 aromatic rings. The van der Waals surface area contributed by atoms with E-state index in [4.69, 9.17) is 0 Å². The predicted molar refractivity (Wildman–Crippen MR) is 178 cm³/mol. The van der Waals surface area contributed by atoms with Crippen LogP contribution in [0.2, 0.25) is 0 Å². The summed E-state index contributed by atoms with van der Waals surface area (Å²) in [6.45, 7) is 9.56. The molecule has 7 rings (SSSR count). The maximum absolute atomic E-state index is 2.63. The van der Waals surface area contributed by atoms with E-state index in [1.165, 1.54) is 59.1 Å². The van der Waals surface area contributed by atoms with Crippen LogP contribution in [0.1, 0.15) is 97.9 Å². The Balaban J connectivity index is 1.32. The minimum atomic E-state index is -1.14. The summed E-state index contributed by atoms with van der Waals surface area (Å²) in [6, 6.07) is 29.9. The Bertz CT molecular complexity index is 1540. The molecule has 0 bridgehead atoms. The van der Waals surface area contributed by atoms with Gasteiger partial charge in [-0.3, -0.25) is 0 Å². The van der Waals surface area contributed by atoms with Crippen LogP contribution in [0.15, 0.2) is 82.6 Å². The third kappa shape index (κ3) is 3.73. The molecule has 1 heterocycles. The van der Waals surface area contributed by atoms with Gasteiger partial charge in [-0.05, 0) is 132 Å². The van der Waals surface area contributed by atoms with Crippen molar-refractivity contribution < 1.29 is 0 Å². The molecular formula is C40H46S. The fourth-order valence-corrected chi connectivity index (χ4v) is 11.0. The van der Waals surface area contributed by atoms with E-state index in [1.807, 2.05) is 0 Å². The van der Waals surface area contributed by atoms with Crippen LogP contribution in [0, 0.1) is 0 Å². The Morgan fingerprint density at radius 1 is 0.463 bits per heavy atom. The fraction of sp³-hybridized carbons (Fsp3) is 0.400. The van der Waals surface area contributed by atoms with Gasteiger partial charge in [-0.1, -0.05) is 88.4 Å². The minimum absolute atomic E-state index is 0.0730. The molecule has 2 aliphatic carbocycles. The molecule has 0 unspecified atom stereocenters. The van der Waals surface area contributed by atoms with Gasteiger partial charge in [0.15, 0.2) is 0 Å². The van der Waals surface area contributed by atoms with Crippen LogP contribution in [-0.4, -0.2) is 12.5 Å². The Morgan fingerprint density at radius 3 is 1.12 bits per heavy atom. The van der Waals surface area contributed by atoms with Crippen molar-refractivity contribution in [2.45, 2.75) is 99.7 Å². The molecule has 0 radical (unpaired) electrons. The summed E-state index contributed by atoms with van der Waals surface area (Å²) >= 11 is 0. The third-order valence-corrected chi connectivity index (χ3v) is 14.6. The lowest BCUT2D eigenvalue weighted by molar-refractivity contribution is 0.476. The van der Waals surface area contributed by atoms with E-state index >= 15 is 0 Å². The van der Waals surface area contributed by atoms with Gasteiger partial charge in [-0.15, -0.1) is 0 Å². The molecule has 0 saturated heterocycles. The van der Waals surface area contributed by atoms with Gasteiger partial charge in [0.25, 0.3) is 0 Å². The minimum Gasteiger partial charge on any atom is -0.192 e. The lowest BCUT2D eigenvalue weighted by Gasteiger charge is -2.37. The van der Waals surface area contributed by atoms with Crippen molar-refractivity contribution in [1.82, 2.24) is 0 Å². The number of fused-ring (bicyclic) bond motifs is 5. The van der Waals surface area contributed by atoms with Crippen LogP contribution in [-0.2, 0) is 36.5 Å². The van der Waals surface area contributed by atoms with Gasteiger partial charge in [-0.25, -0.2) is 0 Å². The molecular weight excluding hydrogens is 513 g/mol. The van der Waals surface area contributed by atoms with E-state index in [9.17, 15) is 0 Å². The van der Waals surface area contributed by atoms with Crippen LogP contribution in [0.25, 0.3) is 11.1 Å². The first-order valence-corrected chi connectivity index (χ1v) is 18.5. The van der Waals surface area contributed by atoms with Gasteiger partial charge < -0.3 is 0 Å². The molecule has 1 aliphatic heterocycles. The molecule has 0 spiro atoms. The van der Waals surface area contributed by atoms with Crippen molar-refractivity contribution in [2.75, 3.05) is 12.5 Å². The number of aryl methyl sites for hydroxylation is 4. The summed E-state index contributed by atoms with van der Waals surface area (Å²) < 4.78 is 0. The van der Waals surface area contributed by atoms with Crippen LogP contribution in [0.4, 0.5) is 0 Å². The first-order chi connectivity index (χ1) is 19.8. The highest BCUT2D eigenvalue weighted by atomic mass is 32.3. The topological polar surface area (TPSA) is 0 Å². The highest BCUT2D eigenvalue weighted by molar-refractivity contribution is 8.33. The predicted octanol–water partition coefficient (Wildman–Crippen LogP) is 10.6. The van der Waals surface area contributed by atoms with Gasteiger partial charge in [0.1, 0.15) is 0 Å². The highest BCUT2D eigenvalue weighted by Crippen LogP contribution is 2.68. The standard InChI is InChI=1S/C40H46S/c1-7-39(8-2,31-17-15-27-11-13-29(27)23-31)33-19-21-35-36-22-20-34(26-38(36)41(5,6)37(35)25-33)40(9-3,10-4)32-18-16-28-12-14-30(28)24-32/h15-26H,7-14H2,1-6H3. The van der Waals surface area contributed by atoms with Gasteiger partial charge in [0.05, 0.1) is 0 Å². The Morgan fingerprint density at radius 2 is 0.805 bits per heavy atom. The molecule has 0 saturated carbocycles. The first kappa shape index (κ1) is 27.1. The summed E-state index contributed by atoms with van der Waals surface area (Å²) in [5.41, 5.74) is 15.4. The summed E-state index contributed by atoms with van der Waals surface area (Å²) in [4.78, 5) is 3.16. The van der Waals surface area contributed by atoms with E-state index in [2.05, 4.69) is 113 Å². The van der Waals surface area contributed by atoms with Crippen LogP contribution in [0.3, 0.4) is 0 Å². The molecule has 0 atom stereocenters. The first-order valence-electron chi connectivity index (χ1n) is 16.1.